The normalized spacial score (nSPS) is 10.9. The van der Waals surface area contributed by atoms with Gasteiger partial charge in [-0.2, -0.15) is 0 Å². The summed E-state index contributed by atoms with van der Waals surface area (Å²) in [5.74, 6) is 0. The largest absolute Gasteiger partial charge is 0.315 e. The summed E-state index contributed by atoms with van der Waals surface area (Å²) in [6, 6.07) is 0. The Balaban J connectivity index is 2.86. The molecule has 0 atom stereocenters. The summed E-state index contributed by atoms with van der Waals surface area (Å²) in [4.78, 5) is 4.16. The zero-order valence-corrected chi connectivity index (χ0v) is 6.35. The zero-order valence-electron chi connectivity index (χ0n) is 6.35. The highest BCUT2D eigenvalue weighted by atomic mass is 14.8. The van der Waals surface area contributed by atoms with Crippen molar-refractivity contribution in [3.63, 3.8) is 0 Å². The van der Waals surface area contributed by atoms with Gasteiger partial charge in [-0.3, -0.25) is 4.99 Å². The Morgan fingerprint density at radius 3 is 2.89 bits per heavy atom. The molecule has 0 amide bonds. The summed E-state index contributed by atoms with van der Waals surface area (Å²) >= 11 is 0. The second kappa shape index (κ2) is 7.63. The monoisotopic (exact) mass is 128 g/mol. The van der Waals surface area contributed by atoms with Gasteiger partial charge in [0.1, 0.15) is 0 Å². The van der Waals surface area contributed by atoms with E-state index in [1.54, 1.807) is 0 Å². The van der Waals surface area contributed by atoms with Crippen LogP contribution in [0.5, 0.6) is 0 Å². The maximum atomic E-state index is 4.16. The van der Waals surface area contributed by atoms with Gasteiger partial charge in [-0.15, -0.1) is 0 Å². The van der Waals surface area contributed by atoms with Crippen LogP contribution in [0, 0.1) is 0 Å². The summed E-state index contributed by atoms with van der Waals surface area (Å²) in [7, 11) is 1.92. The summed E-state index contributed by atoms with van der Waals surface area (Å²) in [5, 5.41) is 3.00. The molecule has 2 nitrogen and oxygen atoms in total. The van der Waals surface area contributed by atoms with Gasteiger partial charge in [0.25, 0.3) is 0 Å². The van der Waals surface area contributed by atoms with Crippen molar-refractivity contribution in [2.24, 2.45) is 4.99 Å². The van der Waals surface area contributed by atoms with Gasteiger partial charge < -0.3 is 5.32 Å². The lowest BCUT2D eigenvalue weighted by Gasteiger charge is -1.89. The SMILES string of the molecule is CCCCN=CCNC. The van der Waals surface area contributed by atoms with E-state index in [2.05, 4.69) is 17.2 Å². The van der Waals surface area contributed by atoms with Crippen LogP contribution < -0.4 is 5.32 Å². The molecule has 0 aliphatic carbocycles. The lowest BCUT2D eigenvalue weighted by Crippen LogP contribution is -2.08. The third kappa shape index (κ3) is 7.63. The summed E-state index contributed by atoms with van der Waals surface area (Å²) in [5.41, 5.74) is 0. The molecule has 0 radical (unpaired) electrons. The van der Waals surface area contributed by atoms with Gasteiger partial charge in [-0.25, -0.2) is 0 Å². The van der Waals surface area contributed by atoms with Gasteiger partial charge in [-0.1, -0.05) is 13.3 Å². The molecule has 0 bridgehead atoms. The number of aliphatic imine (C=N–C) groups is 1. The molecule has 9 heavy (non-hydrogen) atoms. The zero-order chi connectivity index (χ0) is 6.95. The van der Waals surface area contributed by atoms with E-state index in [-0.39, 0.29) is 0 Å². The van der Waals surface area contributed by atoms with Crippen molar-refractivity contribution in [3.05, 3.63) is 0 Å². The van der Waals surface area contributed by atoms with Crippen molar-refractivity contribution in [1.29, 1.82) is 0 Å². The van der Waals surface area contributed by atoms with Crippen molar-refractivity contribution in [2.45, 2.75) is 19.8 Å². The van der Waals surface area contributed by atoms with Crippen LogP contribution in [0.15, 0.2) is 4.99 Å². The average Bonchev–Trinajstić information content (AvgIpc) is 1.89. The Labute approximate surface area is 57.4 Å². The van der Waals surface area contributed by atoms with E-state index in [0.29, 0.717) is 0 Å². The van der Waals surface area contributed by atoms with Gasteiger partial charge in [-0.05, 0) is 13.5 Å². The number of hydrogen-bond donors (Lipinski definition) is 1. The smallest absolute Gasteiger partial charge is 0.0385 e. The molecule has 0 aromatic carbocycles. The van der Waals surface area contributed by atoms with Crippen molar-refractivity contribution in [2.75, 3.05) is 20.1 Å². The molecule has 0 saturated carbocycles. The minimum atomic E-state index is 0.893. The molecule has 0 aromatic heterocycles. The quantitative estimate of drug-likeness (QED) is 0.435. The van der Waals surface area contributed by atoms with E-state index < -0.39 is 0 Å². The molecule has 0 rings (SSSR count). The number of nitrogens with zero attached hydrogens (tertiary/aromatic N) is 1. The van der Waals surface area contributed by atoms with E-state index >= 15 is 0 Å². The Kier molecular flexibility index (Phi) is 7.32. The highest BCUT2D eigenvalue weighted by molar-refractivity contribution is 5.59. The summed E-state index contributed by atoms with van der Waals surface area (Å²) in [6.07, 6.45) is 4.37. The minimum absolute atomic E-state index is 0.893. The fourth-order valence-electron chi connectivity index (χ4n) is 0.497. The molecule has 54 valence electrons. The second-order valence-electron chi connectivity index (χ2n) is 2.00. The molecule has 0 fully saturated rings. The van der Waals surface area contributed by atoms with Gasteiger partial charge in [0, 0.05) is 19.3 Å². The van der Waals surface area contributed by atoms with Crippen molar-refractivity contribution in [1.82, 2.24) is 5.32 Å². The van der Waals surface area contributed by atoms with Crippen LogP contribution in [0.25, 0.3) is 0 Å². The predicted molar refractivity (Wildman–Crippen MR) is 42.2 cm³/mol. The molecular formula is C7H16N2. The standard InChI is InChI=1S/C7H16N2/c1-3-4-5-9-7-6-8-2/h7-8H,3-6H2,1-2H3. The van der Waals surface area contributed by atoms with E-state index in [1.165, 1.54) is 12.8 Å². The van der Waals surface area contributed by atoms with Crippen LogP contribution in [0.2, 0.25) is 0 Å². The van der Waals surface area contributed by atoms with Crippen LogP contribution in [0.1, 0.15) is 19.8 Å². The molecule has 0 aliphatic rings. The number of nitrogens with one attached hydrogen (secondary N) is 1. The Morgan fingerprint density at radius 1 is 1.56 bits per heavy atom. The van der Waals surface area contributed by atoms with Crippen LogP contribution in [-0.4, -0.2) is 26.4 Å². The van der Waals surface area contributed by atoms with Crippen molar-refractivity contribution >= 4 is 6.21 Å². The molecule has 0 saturated heterocycles. The van der Waals surface area contributed by atoms with E-state index in [9.17, 15) is 0 Å². The fourth-order valence-corrected chi connectivity index (χ4v) is 0.497. The molecule has 2 heteroatoms. The third-order valence-electron chi connectivity index (χ3n) is 1.07. The summed E-state index contributed by atoms with van der Waals surface area (Å²) in [6.45, 7) is 4.05. The Bertz CT molecular complexity index is 69.3. The minimum Gasteiger partial charge on any atom is -0.315 e. The molecule has 0 unspecified atom stereocenters. The fraction of sp³-hybridized carbons (Fsp3) is 0.857. The van der Waals surface area contributed by atoms with E-state index in [4.69, 9.17) is 0 Å². The van der Waals surface area contributed by atoms with Gasteiger partial charge >= 0.3 is 0 Å². The number of rotatable bonds is 5. The molecule has 0 aromatic rings. The van der Waals surface area contributed by atoms with Crippen LogP contribution in [-0.2, 0) is 0 Å². The maximum Gasteiger partial charge on any atom is 0.0385 e. The van der Waals surface area contributed by atoms with Crippen molar-refractivity contribution in [3.8, 4) is 0 Å². The highest BCUT2D eigenvalue weighted by Crippen LogP contribution is 1.84. The first kappa shape index (κ1) is 8.63. The summed E-state index contributed by atoms with van der Waals surface area (Å²) < 4.78 is 0. The maximum absolute atomic E-state index is 4.16. The van der Waals surface area contributed by atoms with Crippen LogP contribution >= 0.6 is 0 Å². The topological polar surface area (TPSA) is 24.4 Å². The third-order valence-corrected chi connectivity index (χ3v) is 1.07. The molecular weight excluding hydrogens is 112 g/mol. The van der Waals surface area contributed by atoms with Crippen LogP contribution in [0.3, 0.4) is 0 Å². The second-order valence-corrected chi connectivity index (χ2v) is 2.00. The number of unbranched alkanes of at least 4 members (excludes halogenated alkanes) is 1. The predicted octanol–water partition coefficient (Wildman–Crippen LogP) is 1.08. The molecule has 0 spiro atoms. The van der Waals surface area contributed by atoms with E-state index in [1.807, 2.05) is 13.3 Å². The lowest BCUT2D eigenvalue weighted by molar-refractivity contribution is 0.806. The van der Waals surface area contributed by atoms with Gasteiger partial charge in [0.2, 0.25) is 0 Å². The Morgan fingerprint density at radius 2 is 2.33 bits per heavy atom. The average molecular weight is 128 g/mol. The van der Waals surface area contributed by atoms with Crippen molar-refractivity contribution < 1.29 is 0 Å². The molecule has 0 aliphatic heterocycles. The Hall–Kier alpha value is -0.370. The van der Waals surface area contributed by atoms with Gasteiger partial charge in [0.15, 0.2) is 0 Å². The number of hydrogen-bond acceptors (Lipinski definition) is 2. The molecule has 0 heterocycles. The first-order chi connectivity index (χ1) is 4.41. The first-order valence-electron chi connectivity index (χ1n) is 3.54. The van der Waals surface area contributed by atoms with Gasteiger partial charge in [0.05, 0.1) is 0 Å². The molecule has 1 N–H and O–H groups in total. The first-order valence-corrected chi connectivity index (χ1v) is 3.54. The lowest BCUT2D eigenvalue weighted by atomic mass is 10.3. The van der Waals surface area contributed by atoms with Crippen LogP contribution in [0.4, 0.5) is 0 Å². The van der Waals surface area contributed by atoms with E-state index in [0.717, 1.165) is 13.1 Å². The highest BCUT2D eigenvalue weighted by Gasteiger charge is 1.76.